The van der Waals surface area contributed by atoms with Crippen LogP contribution < -0.4 is 18.9 Å². The Bertz CT molecular complexity index is 1200. The SMILES string of the molecule is Oc1ccccc1OCCCCCCOc1ccc(-c2ccc(OCCCCCCOc3ccccc3O)cc2)cc1. The molecule has 0 saturated heterocycles. The Morgan fingerprint density at radius 3 is 1.05 bits per heavy atom. The molecule has 0 radical (unpaired) electrons. The Labute approximate surface area is 249 Å². The summed E-state index contributed by atoms with van der Waals surface area (Å²) in [6.45, 7) is 2.59. The van der Waals surface area contributed by atoms with Crippen LogP contribution in [0.4, 0.5) is 0 Å². The molecule has 4 aromatic rings. The molecule has 0 aliphatic carbocycles. The fourth-order valence-corrected chi connectivity index (χ4v) is 4.51. The maximum absolute atomic E-state index is 9.72. The first-order valence-electron chi connectivity index (χ1n) is 15.0. The third-order valence-corrected chi connectivity index (χ3v) is 6.90. The molecule has 0 fully saturated rings. The summed E-state index contributed by atoms with van der Waals surface area (Å²) in [6.07, 6.45) is 8.16. The summed E-state index contributed by atoms with van der Waals surface area (Å²) in [6, 6.07) is 30.6. The average molecular weight is 571 g/mol. The summed E-state index contributed by atoms with van der Waals surface area (Å²) in [4.78, 5) is 0. The second-order valence-corrected chi connectivity index (χ2v) is 10.2. The molecule has 222 valence electrons. The first kappa shape index (κ1) is 30.6. The van der Waals surface area contributed by atoms with Gasteiger partial charge in [0.1, 0.15) is 11.5 Å². The van der Waals surface area contributed by atoms with E-state index < -0.39 is 0 Å². The normalized spacial score (nSPS) is 10.8. The number of unbranched alkanes of at least 4 members (excludes halogenated alkanes) is 6. The van der Waals surface area contributed by atoms with Crippen LogP contribution >= 0.6 is 0 Å². The molecule has 0 unspecified atom stereocenters. The fraction of sp³-hybridized carbons (Fsp3) is 0.333. The largest absolute Gasteiger partial charge is 0.504 e. The third-order valence-electron chi connectivity index (χ3n) is 6.90. The number of phenols is 2. The van der Waals surface area contributed by atoms with Crippen molar-refractivity contribution in [3.8, 4) is 45.6 Å². The predicted molar refractivity (Wildman–Crippen MR) is 167 cm³/mol. The Morgan fingerprint density at radius 1 is 0.357 bits per heavy atom. The Hall–Kier alpha value is -4.32. The van der Waals surface area contributed by atoms with Crippen LogP contribution in [-0.4, -0.2) is 36.6 Å². The highest BCUT2D eigenvalue weighted by Crippen LogP contribution is 2.27. The van der Waals surface area contributed by atoms with Gasteiger partial charge in [-0.05, 0) is 111 Å². The van der Waals surface area contributed by atoms with Gasteiger partial charge in [-0.15, -0.1) is 0 Å². The molecule has 0 aliphatic heterocycles. The summed E-state index contributed by atoms with van der Waals surface area (Å²) in [5.74, 6) is 3.22. The van der Waals surface area contributed by atoms with E-state index in [0.29, 0.717) is 37.9 Å². The van der Waals surface area contributed by atoms with E-state index in [1.165, 1.54) is 0 Å². The molecule has 0 atom stereocenters. The van der Waals surface area contributed by atoms with Gasteiger partial charge in [0, 0.05) is 0 Å². The summed E-state index contributed by atoms with van der Waals surface area (Å²) in [5.41, 5.74) is 2.29. The number of para-hydroxylation sites is 4. The molecule has 6 nitrogen and oxygen atoms in total. The number of hydrogen-bond acceptors (Lipinski definition) is 6. The number of ether oxygens (including phenoxy) is 4. The van der Waals surface area contributed by atoms with Crippen molar-refractivity contribution in [1.29, 1.82) is 0 Å². The zero-order valence-corrected chi connectivity index (χ0v) is 24.3. The van der Waals surface area contributed by atoms with Gasteiger partial charge in [0.15, 0.2) is 23.0 Å². The molecule has 0 aromatic heterocycles. The summed E-state index contributed by atoms with van der Waals surface area (Å²) >= 11 is 0. The number of rotatable bonds is 19. The predicted octanol–water partition coefficient (Wildman–Crippen LogP) is 8.80. The molecule has 42 heavy (non-hydrogen) atoms. The highest BCUT2D eigenvalue weighted by molar-refractivity contribution is 5.64. The zero-order chi connectivity index (χ0) is 29.2. The average Bonchev–Trinajstić information content (AvgIpc) is 3.02. The third kappa shape index (κ3) is 10.6. The van der Waals surface area contributed by atoms with E-state index >= 15 is 0 Å². The summed E-state index contributed by atoms with van der Waals surface area (Å²) in [7, 11) is 0. The molecular weight excluding hydrogens is 528 g/mol. The lowest BCUT2D eigenvalue weighted by Crippen LogP contribution is -2.00. The van der Waals surface area contributed by atoms with Crippen molar-refractivity contribution in [2.24, 2.45) is 0 Å². The Kier molecular flexibility index (Phi) is 12.8. The lowest BCUT2D eigenvalue weighted by molar-refractivity contribution is 0.279. The van der Waals surface area contributed by atoms with Crippen LogP contribution in [0, 0.1) is 0 Å². The first-order valence-corrected chi connectivity index (χ1v) is 15.0. The summed E-state index contributed by atoms with van der Waals surface area (Å²) < 4.78 is 23.1. The van der Waals surface area contributed by atoms with Crippen LogP contribution in [0.25, 0.3) is 11.1 Å². The lowest BCUT2D eigenvalue weighted by Gasteiger charge is -2.10. The van der Waals surface area contributed by atoms with Gasteiger partial charge in [0.25, 0.3) is 0 Å². The minimum Gasteiger partial charge on any atom is -0.504 e. The van der Waals surface area contributed by atoms with E-state index in [1.807, 2.05) is 36.4 Å². The van der Waals surface area contributed by atoms with Gasteiger partial charge in [-0.3, -0.25) is 0 Å². The van der Waals surface area contributed by atoms with E-state index in [-0.39, 0.29) is 11.5 Å². The molecule has 2 N–H and O–H groups in total. The van der Waals surface area contributed by atoms with Gasteiger partial charge in [-0.2, -0.15) is 0 Å². The minimum atomic E-state index is 0.187. The molecule has 6 heteroatoms. The molecule has 4 rings (SSSR count). The fourth-order valence-electron chi connectivity index (χ4n) is 4.51. The van der Waals surface area contributed by atoms with Crippen molar-refractivity contribution in [1.82, 2.24) is 0 Å². The smallest absolute Gasteiger partial charge is 0.160 e. The topological polar surface area (TPSA) is 77.4 Å². The number of hydrogen-bond donors (Lipinski definition) is 2. The minimum absolute atomic E-state index is 0.187. The van der Waals surface area contributed by atoms with Crippen molar-refractivity contribution < 1.29 is 29.2 Å². The van der Waals surface area contributed by atoms with E-state index in [4.69, 9.17) is 18.9 Å². The van der Waals surface area contributed by atoms with Gasteiger partial charge in [0.2, 0.25) is 0 Å². The molecule has 0 bridgehead atoms. The van der Waals surface area contributed by atoms with Crippen LogP contribution in [0.3, 0.4) is 0 Å². The van der Waals surface area contributed by atoms with Crippen molar-refractivity contribution >= 4 is 0 Å². The second kappa shape index (κ2) is 17.5. The standard InChI is InChI=1S/C36H42O6/c37-33-13-5-7-15-35(33)41-27-11-3-1-9-25-39-31-21-17-29(18-22-31)30-19-23-32(24-20-30)40-26-10-2-4-12-28-42-36-16-8-6-14-34(36)38/h5-8,13-24,37-38H,1-4,9-12,25-28H2. The second-order valence-electron chi connectivity index (χ2n) is 10.2. The Balaban J connectivity index is 1.03. The van der Waals surface area contributed by atoms with E-state index in [1.54, 1.807) is 36.4 Å². The quantitative estimate of drug-likeness (QED) is 0.110. The number of aromatic hydroxyl groups is 2. The van der Waals surface area contributed by atoms with Crippen LogP contribution in [0.15, 0.2) is 97.1 Å². The summed E-state index contributed by atoms with van der Waals surface area (Å²) in [5, 5.41) is 19.4. The number of benzene rings is 4. The van der Waals surface area contributed by atoms with E-state index in [0.717, 1.165) is 74.0 Å². The van der Waals surface area contributed by atoms with Crippen molar-refractivity contribution in [3.05, 3.63) is 97.1 Å². The van der Waals surface area contributed by atoms with E-state index in [2.05, 4.69) is 24.3 Å². The van der Waals surface area contributed by atoms with Gasteiger partial charge in [0.05, 0.1) is 26.4 Å². The molecule has 0 spiro atoms. The van der Waals surface area contributed by atoms with E-state index in [9.17, 15) is 10.2 Å². The highest BCUT2D eigenvalue weighted by atomic mass is 16.5. The van der Waals surface area contributed by atoms with Crippen LogP contribution in [0.2, 0.25) is 0 Å². The zero-order valence-electron chi connectivity index (χ0n) is 24.3. The molecule has 0 amide bonds. The maximum Gasteiger partial charge on any atom is 0.160 e. The molecule has 0 saturated carbocycles. The van der Waals surface area contributed by atoms with Gasteiger partial charge >= 0.3 is 0 Å². The van der Waals surface area contributed by atoms with Crippen molar-refractivity contribution in [3.63, 3.8) is 0 Å². The molecule has 0 aliphatic rings. The molecule has 4 aromatic carbocycles. The lowest BCUT2D eigenvalue weighted by atomic mass is 10.1. The van der Waals surface area contributed by atoms with Gasteiger partial charge < -0.3 is 29.2 Å². The van der Waals surface area contributed by atoms with Crippen molar-refractivity contribution in [2.75, 3.05) is 26.4 Å². The first-order chi connectivity index (χ1) is 20.7. The van der Waals surface area contributed by atoms with Crippen LogP contribution in [-0.2, 0) is 0 Å². The Morgan fingerprint density at radius 2 is 0.690 bits per heavy atom. The number of phenolic OH excluding ortho intramolecular Hbond substituents is 2. The molecular formula is C36H42O6. The van der Waals surface area contributed by atoms with Gasteiger partial charge in [-0.25, -0.2) is 0 Å². The monoisotopic (exact) mass is 570 g/mol. The maximum atomic E-state index is 9.72. The van der Waals surface area contributed by atoms with Crippen LogP contribution in [0.5, 0.6) is 34.5 Å². The van der Waals surface area contributed by atoms with Crippen molar-refractivity contribution in [2.45, 2.75) is 51.4 Å². The van der Waals surface area contributed by atoms with Gasteiger partial charge in [-0.1, -0.05) is 48.5 Å². The molecule has 0 heterocycles. The van der Waals surface area contributed by atoms with Crippen LogP contribution in [0.1, 0.15) is 51.4 Å². The highest BCUT2D eigenvalue weighted by Gasteiger charge is 2.03.